The van der Waals surface area contributed by atoms with E-state index in [1.807, 2.05) is 0 Å². The van der Waals surface area contributed by atoms with E-state index in [1.54, 1.807) is 4.90 Å². The number of nitrogen functional groups attached to an aromatic ring is 1. The Morgan fingerprint density at radius 3 is 2.56 bits per heavy atom. The summed E-state index contributed by atoms with van der Waals surface area (Å²) in [7, 11) is 0. The molecule has 2 heterocycles. The van der Waals surface area contributed by atoms with Gasteiger partial charge in [-0.2, -0.15) is 9.37 Å². The first-order chi connectivity index (χ1) is 7.61. The number of ether oxygens (including phenoxy) is 1. The minimum Gasteiger partial charge on any atom is -0.395 e. The number of anilines is 2. The number of morpholine rings is 1. The van der Waals surface area contributed by atoms with Crippen molar-refractivity contribution in [1.29, 1.82) is 0 Å². The van der Waals surface area contributed by atoms with Gasteiger partial charge in [0.15, 0.2) is 11.6 Å². The van der Waals surface area contributed by atoms with E-state index in [0.717, 1.165) is 0 Å². The fourth-order valence-electron chi connectivity index (χ4n) is 1.50. The Morgan fingerprint density at radius 1 is 1.31 bits per heavy atom. The van der Waals surface area contributed by atoms with E-state index in [1.165, 1.54) is 0 Å². The van der Waals surface area contributed by atoms with Crippen LogP contribution in [0.15, 0.2) is 0 Å². The van der Waals surface area contributed by atoms with Gasteiger partial charge in [-0.1, -0.05) is 11.6 Å². The maximum Gasteiger partial charge on any atom is 0.235 e. The highest BCUT2D eigenvalue weighted by Crippen LogP contribution is 2.30. The Hall–Kier alpha value is -1.14. The third-order valence-corrected chi connectivity index (χ3v) is 2.72. The van der Waals surface area contributed by atoms with Crippen LogP contribution in [0.3, 0.4) is 0 Å². The molecular weight excluding hydrogens is 240 g/mol. The van der Waals surface area contributed by atoms with Crippen LogP contribution in [-0.2, 0) is 4.74 Å². The minimum atomic E-state index is -0.956. The summed E-state index contributed by atoms with van der Waals surface area (Å²) in [6.45, 7) is 1.80. The van der Waals surface area contributed by atoms with E-state index >= 15 is 0 Å². The molecule has 16 heavy (non-hydrogen) atoms. The molecule has 0 amide bonds. The van der Waals surface area contributed by atoms with Gasteiger partial charge in [-0.05, 0) is 0 Å². The summed E-state index contributed by atoms with van der Waals surface area (Å²) in [5.41, 5.74) is 4.94. The molecule has 0 spiro atoms. The number of aromatic nitrogens is 1. The van der Waals surface area contributed by atoms with Gasteiger partial charge in [-0.15, -0.1) is 0 Å². The maximum atomic E-state index is 13.7. The summed E-state index contributed by atoms with van der Waals surface area (Å²) in [6.07, 6.45) is 0. The summed E-state index contributed by atoms with van der Waals surface area (Å²) in [5.74, 6) is -1.85. The highest BCUT2D eigenvalue weighted by atomic mass is 35.5. The zero-order valence-electron chi connectivity index (χ0n) is 8.34. The molecule has 0 aromatic carbocycles. The molecule has 0 bridgehead atoms. The highest BCUT2D eigenvalue weighted by Gasteiger charge is 2.22. The van der Waals surface area contributed by atoms with Crippen molar-refractivity contribution < 1.29 is 13.5 Å². The lowest BCUT2D eigenvalue weighted by atomic mass is 10.3. The molecule has 0 saturated carbocycles. The van der Waals surface area contributed by atoms with E-state index in [4.69, 9.17) is 22.1 Å². The average molecular weight is 250 g/mol. The molecule has 0 atom stereocenters. The summed E-state index contributed by atoms with van der Waals surface area (Å²) in [5, 5.41) is -0.477. The van der Waals surface area contributed by atoms with Crippen molar-refractivity contribution in [3.05, 3.63) is 16.8 Å². The Kier molecular flexibility index (Phi) is 3.11. The number of nitrogens with zero attached hydrogens (tertiary/aromatic N) is 2. The molecular formula is C9H10ClF2N3O. The predicted molar refractivity (Wildman–Crippen MR) is 56.6 cm³/mol. The van der Waals surface area contributed by atoms with Gasteiger partial charge < -0.3 is 15.4 Å². The Balaban J connectivity index is 2.40. The van der Waals surface area contributed by atoms with Gasteiger partial charge in [0.2, 0.25) is 5.95 Å². The number of pyridine rings is 1. The fraction of sp³-hybridized carbons (Fsp3) is 0.444. The molecule has 1 aromatic heterocycles. The van der Waals surface area contributed by atoms with Crippen molar-refractivity contribution in [2.45, 2.75) is 0 Å². The topological polar surface area (TPSA) is 51.4 Å². The van der Waals surface area contributed by atoms with Crippen molar-refractivity contribution >= 4 is 23.1 Å². The molecule has 0 unspecified atom stereocenters. The molecule has 1 aliphatic rings. The zero-order chi connectivity index (χ0) is 11.7. The van der Waals surface area contributed by atoms with Crippen LogP contribution in [0.1, 0.15) is 0 Å². The number of halogens is 3. The molecule has 0 radical (unpaired) electrons. The van der Waals surface area contributed by atoms with Crippen molar-refractivity contribution in [2.24, 2.45) is 0 Å². The predicted octanol–water partition coefficient (Wildman–Crippen LogP) is 1.43. The monoisotopic (exact) mass is 249 g/mol. The smallest absolute Gasteiger partial charge is 0.235 e. The second-order valence-electron chi connectivity index (χ2n) is 3.37. The van der Waals surface area contributed by atoms with E-state index in [9.17, 15) is 8.78 Å². The van der Waals surface area contributed by atoms with E-state index in [2.05, 4.69) is 4.98 Å². The number of hydrogen-bond donors (Lipinski definition) is 1. The highest BCUT2D eigenvalue weighted by molar-refractivity contribution is 6.33. The molecule has 88 valence electrons. The number of rotatable bonds is 1. The first-order valence-electron chi connectivity index (χ1n) is 4.74. The zero-order valence-corrected chi connectivity index (χ0v) is 9.10. The summed E-state index contributed by atoms with van der Waals surface area (Å²) in [4.78, 5) is 5.05. The normalized spacial score (nSPS) is 16.6. The van der Waals surface area contributed by atoms with Gasteiger partial charge >= 0.3 is 0 Å². The second-order valence-corrected chi connectivity index (χ2v) is 3.75. The van der Waals surface area contributed by atoms with Gasteiger partial charge in [0.05, 0.1) is 18.9 Å². The van der Waals surface area contributed by atoms with Crippen molar-refractivity contribution in [3.63, 3.8) is 0 Å². The third kappa shape index (κ3) is 1.90. The first kappa shape index (κ1) is 11.3. The lowest BCUT2D eigenvalue weighted by Crippen LogP contribution is -2.37. The Labute approximate surface area is 96.0 Å². The van der Waals surface area contributed by atoms with Gasteiger partial charge in [0, 0.05) is 13.1 Å². The second kappa shape index (κ2) is 4.39. The fourth-order valence-corrected chi connectivity index (χ4v) is 1.63. The Bertz CT molecular complexity index is 410. The van der Waals surface area contributed by atoms with E-state index in [-0.39, 0.29) is 5.82 Å². The Morgan fingerprint density at radius 2 is 1.94 bits per heavy atom. The van der Waals surface area contributed by atoms with Gasteiger partial charge in [-0.25, -0.2) is 4.39 Å². The average Bonchev–Trinajstić information content (AvgIpc) is 2.32. The summed E-state index contributed by atoms with van der Waals surface area (Å²) >= 11 is 5.45. The van der Waals surface area contributed by atoms with Crippen LogP contribution in [0.2, 0.25) is 5.02 Å². The summed E-state index contributed by atoms with van der Waals surface area (Å²) in [6, 6.07) is 0. The van der Waals surface area contributed by atoms with Crippen LogP contribution >= 0.6 is 11.6 Å². The van der Waals surface area contributed by atoms with Crippen LogP contribution in [0, 0.1) is 11.8 Å². The maximum absolute atomic E-state index is 13.7. The standard InChI is InChI=1S/C9H10ClF2N3O/c10-5-7(13)6(11)9(14-8(5)12)15-1-3-16-4-2-15/h1-4H2,(H2,13,14). The molecule has 1 aliphatic heterocycles. The molecule has 7 heteroatoms. The quantitative estimate of drug-likeness (QED) is 0.765. The van der Waals surface area contributed by atoms with Crippen LogP contribution < -0.4 is 10.6 Å². The molecule has 0 aliphatic carbocycles. The van der Waals surface area contributed by atoms with Gasteiger partial charge in [0.25, 0.3) is 0 Å². The SMILES string of the molecule is Nc1c(F)c(N2CCOCC2)nc(F)c1Cl. The first-order valence-corrected chi connectivity index (χ1v) is 5.11. The lowest BCUT2D eigenvalue weighted by molar-refractivity contribution is 0.122. The van der Waals surface area contributed by atoms with Gasteiger partial charge in [0.1, 0.15) is 5.02 Å². The van der Waals surface area contributed by atoms with Crippen molar-refractivity contribution in [3.8, 4) is 0 Å². The minimum absolute atomic E-state index is 0.109. The van der Waals surface area contributed by atoms with Crippen molar-refractivity contribution in [2.75, 3.05) is 36.9 Å². The van der Waals surface area contributed by atoms with Crippen molar-refractivity contribution in [1.82, 2.24) is 4.98 Å². The summed E-state index contributed by atoms with van der Waals surface area (Å²) < 4.78 is 32.0. The molecule has 1 aromatic rings. The van der Waals surface area contributed by atoms with Gasteiger partial charge in [-0.3, -0.25) is 0 Å². The number of hydrogen-bond acceptors (Lipinski definition) is 4. The molecule has 1 fully saturated rings. The van der Waals surface area contributed by atoms with Crippen LogP contribution in [0.5, 0.6) is 0 Å². The van der Waals surface area contributed by atoms with E-state index in [0.29, 0.717) is 26.3 Å². The van der Waals surface area contributed by atoms with Crippen LogP contribution in [0.25, 0.3) is 0 Å². The molecule has 2 N–H and O–H groups in total. The molecule has 2 rings (SSSR count). The third-order valence-electron chi connectivity index (χ3n) is 2.37. The van der Waals surface area contributed by atoms with Crippen LogP contribution in [0.4, 0.5) is 20.3 Å². The van der Waals surface area contributed by atoms with E-state index < -0.39 is 22.5 Å². The molecule has 1 saturated heterocycles. The molecule has 4 nitrogen and oxygen atoms in total. The van der Waals surface area contributed by atoms with Crippen LogP contribution in [-0.4, -0.2) is 31.3 Å². The largest absolute Gasteiger partial charge is 0.395 e. The lowest BCUT2D eigenvalue weighted by Gasteiger charge is -2.28. The number of nitrogens with two attached hydrogens (primary N) is 1.